The van der Waals surface area contributed by atoms with E-state index in [9.17, 15) is 4.39 Å². The van der Waals surface area contributed by atoms with Gasteiger partial charge in [-0.25, -0.2) is 4.39 Å². The van der Waals surface area contributed by atoms with Gasteiger partial charge in [-0.05, 0) is 17.4 Å². The molecule has 1 aliphatic heterocycles. The van der Waals surface area contributed by atoms with Crippen LogP contribution in [0.25, 0.3) is 5.70 Å². The summed E-state index contributed by atoms with van der Waals surface area (Å²) in [5.74, 6) is -0.306. The van der Waals surface area contributed by atoms with Gasteiger partial charge >= 0.3 is 0 Å². The van der Waals surface area contributed by atoms with Crippen LogP contribution in [0.3, 0.4) is 0 Å². The molecule has 0 amide bonds. The maximum Gasteiger partial charge on any atom is 0.132 e. The highest BCUT2D eigenvalue weighted by Crippen LogP contribution is 2.21. The van der Waals surface area contributed by atoms with E-state index in [0.717, 1.165) is 0 Å². The van der Waals surface area contributed by atoms with E-state index in [-0.39, 0.29) is 5.82 Å². The van der Waals surface area contributed by atoms with Gasteiger partial charge in [0, 0.05) is 5.56 Å². The van der Waals surface area contributed by atoms with E-state index in [0.29, 0.717) is 11.3 Å². The Morgan fingerprint density at radius 1 is 1.17 bits per heavy atom. The van der Waals surface area contributed by atoms with E-state index in [4.69, 9.17) is 0 Å². The Bertz CT molecular complexity index is 357. The molecule has 1 aromatic carbocycles. The fourth-order valence-electron chi connectivity index (χ4n) is 0.973. The quantitative estimate of drug-likeness (QED) is 0.606. The van der Waals surface area contributed by atoms with Gasteiger partial charge in [0.2, 0.25) is 0 Å². The largest absolute Gasteiger partial charge is 0.206 e. The molecule has 0 atom stereocenters. The third-order valence-electron chi connectivity index (χ3n) is 1.53. The number of halogens is 1. The van der Waals surface area contributed by atoms with E-state index < -0.39 is 0 Å². The fourth-order valence-corrected chi connectivity index (χ4v) is 0.973. The van der Waals surface area contributed by atoms with Crippen molar-refractivity contribution in [2.75, 3.05) is 0 Å². The molecule has 0 fully saturated rings. The Morgan fingerprint density at radius 2 is 2.00 bits per heavy atom. The summed E-state index contributed by atoms with van der Waals surface area (Å²) in [6.45, 7) is 0. The van der Waals surface area contributed by atoms with E-state index in [2.05, 4.69) is 15.8 Å². The lowest BCUT2D eigenvalue weighted by atomic mass is 10.1. The molecule has 1 radical (unpaired) electrons. The van der Waals surface area contributed by atoms with Crippen LogP contribution in [-0.2, 0) is 0 Å². The monoisotopic (exact) mass is 162 g/mol. The van der Waals surface area contributed by atoms with Crippen molar-refractivity contribution in [1.82, 2.24) is 5.43 Å². The van der Waals surface area contributed by atoms with Crippen molar-refractivity contribution in [2.24, 2.45) is 10.3 Å². The normalized spacial score (nSPS) is 14.2. The van der Waals surface area contributed by atoms with Crippen LogP contribution < -0.4 is 5.43 Å². The molecular weight excluding hydrogens is 157 g/mol. The van der Waals surface area contributed by atoms with Crippen LogP contribution in [0, 0.1) is 5.82 Å². The number of benzene rings is 1. The van der Waals surface area contributed by atoms with Crippen molar-refractivity contribution < 1.29 is 4.39 Å². The van der Waals surface area contributed by atoms with Crippen molar-refractivity contribution in [3.8, 4) is 0 Å². The van der Waals surface area contributed by atoms with Gasteiger partial charge in [-0.1, -0.05) is 12.1 Å². The van der Waals surface area contributed by atoms with Crippen LogP contribution in [-0.4, -0.2) is 0 Å². The Balaban J connectivity index is 2.46. The van der Waals surface area contributed by atoms with E-state index in [1.54, 1.807) is 18.2 Å². The molecule has 0 saturated carbocycles. The molecule has 12 heavy (non-hydrogen) atoms. The lowest BCUT2D eigenvalue weighted by molar-refractivity contribution is 0.623. The van der Waals surface area contributed by atoms with Gasteiger partial charge in [0.05, 0.1) is 6.20 Å². The first kappa shape index (κ1) is 6.97. The highest BCUT2D eigenvalue weighted by molar-refractivity contribution is 5.64. The Kier molecular flexibility index (Phi) is 1.59. The highest BCUT2D eigenvalue weighted by atomic mass is 19.1. The third kappa shape index (κ3) is 1.07. The maximum atomic E-state index is 13.1. The molecule has 0 N–H and O–H groups in total. The molecule has 59 valence electrons. The van der Waals surface area contributed by atoms with Gasteiger partial charge in [0.1, 0.15) is 11.5 Å². The SMILES string of the molecule is Fc1ccccc1C1=C[N]N=N1. The van der Waals surface area contributed by atoms with Crippen molar-refractivity contribution in [3.63, 3.8) is 0 Å². The molecule has 0 bridgehead atoms. The molecule has 0 unspecified atom stereocenters. The predicted octanol–water partition coefficient (Wildman–Crippen LogP) is 2.11. The second kappa shape index (κ2) is 2.73. The lowest BCUT2D eigenvalue weighted by Crippen LogP contribution is -1.85. The number of nitrogens with zero attached hydrogens (tertiary/aromatic N) is 3. The Labute approximate surface area is 68.6 Å². The molecule has 0 spiro atoms. The zero-order chi connectivity index (χ0) is 8.39. The minimum absolute atomic E-state index is 0.306. The molecule has 1 aliphatic rings. The summed E-state index contributed by atoms with van der Waals surface area (Å²) in [7, 11) is 0. The van der Waals surface area contributed by atoms with Crippen LogP contribution in [0.2, 0.25) is 0 Å². The summed E-state index contributed by atoms with van der Waals surface area (Å²) in [6, 6.07) is 6.39. The van der Waals surface area contributed by atoms with E-state index >= 15 is 0 Å². The third-order valence-corrected chi connectivity index (χ3v) is 1.53. The second-order valence-corrected chi connectivity index (χ2v) is 2.30. The van der Waals surface area contributed by atoms with Gasteiger partial charge in [-0.15, -0.1) is 10.5 Å². The van der Waals surface area contributed by atoms with Crippen LogP contribution in [0.1, 0.15) is 5.56 Å². The molecule has 1 heterocycles. The first-order valence-corrected chi connectivity index (χ1v) is 3.44. The molecule has 0 saturated heterocycles. The number of rotatable bonds is 1. The average molecular weight is 162 g/mol. The zero-order valence-corrected chi connectivity index (χ0v) is 6.11. The molecule has 4 heteroatoms. The minimum atomic E-state index is -0.306. The molecule has 0 aliphatic carbocycles. The highest BCUT2D eigenvalue weighted by Gasteiger charge is 2.09. The first-order chi connectivity index (χ1) is 5.88. The van der Waals surface area contributed by atoms with Gasteiger partial charge in [0.15, 0.2) is 0 Å². The van der Waals surface area contributed by atoms with Gasteiger partial charge in [-0.3, -0.25) is 0 Å². The fraction of sp³-hybridized carbons (Fsp3) is 0. The molecule has 1 aromatic rings. The number of hydrogen-bond donors (Lipinski definition) is 0. The van der Waals surface area contributed by atoms with Gasteiger partial charge in [0.25, 0.3) is 0 Å². The first-order valence-electron chi connectivity index (χ1n) is 3.44. The average Bonchev–Trinajstić information content (AvgIpc) is 2.57. The van der Waals surface area contributed by atoms with Crippen LogP contribution in [0.4, 0.5) is 4.39 Å². The Hall–Kier alpha value is -1.71. The molecule has 3 nitrogen and oxygen atoms in total. The van der Waals surface area contributed by atoms with Crippen LogP contribution >= 0.6 is 0 Å². The van der Waals surface area contributed by atoms with E-state index in [1.807, 2.05) is 0 Å². The predicted molar refractivity (Wildman–Crippen MR) is 41.4 cm³/mol. The topological polar surface area (TPSA) is 38.8 Å². The van der Waals surface area contributed by atoms with Crippen molar-refractivity contribution in [2.45, 2.75) is 0 Å². The minimum Gasteiger partial charge on any atom is -0.206 e. The van der Waals surface area contributed by atoms with Gasteiger partial charge in [-0.2, -0.15) is 0 Å². The van der Waals surface area contributed by atoms with Crippen molar-refractivity contribution in [3.05, 3.63) is 41.8 Å². The van der Waals surface area contributed by atoms with Crippen LogP contribution in [0.15, 0.2) is 40.8 Å². The van der Waals surface area contributed by atoms with Gasteiger partial charge < -0.3 is 0 Å². The summed E-state index contributed by atoms with van der Waals surface area (Å²) >= 11 is 0. The smallest absolute Gasteiger partial charge is 0.132 e. The Morgan fingerprint density at radius 3 is 2.67 bits per heavy atom. The summed E-state index contributed by atoms with van der Waals surface area (Å²) in [4.78, 5) is 0. The van der Waals surface area contributed by atoms with Crippen LogP contribution in [0.5, 0.6) is 0 Å². The number of hydrogen-bond acceptors (Lipinski definition) is 2. The maximum absolute atomic E-state index is 13.1. The molecular formula is C8H5FN3. The second-order valence-electron chi connectivity index (χ2n) is 2.30. The standard InChI is InChI=1S/C8H5FN3/c9-7-4-2-1-3-6(7)8-5-10-12-11-8/h1-5H. The summed E-state index contributed by atoms with van der Waals surface area (Å²) < 4.78 is 13.1. The van der Waals surface area contributed by atoms with Crippen molar-refractivity contribution >= 4 is 5.70 Å². The van der Waals surface area contributed by atoms with Crippen molar-refractivity contribution in [1.29, 1.82) is 0 Å². The zero-order valence-electron chi connectivity index (χ0n) is 6.11. The summed E-state index contributed by atoms with van der Waals surface area (Å²) in [6.07, 6.45) is 1.43. The summed E-state index contributed by atoms with van der Waals surface area (Å²) in [5, 5.41) is 7.02. The molecule has 2 rings (SSSR count). The summed E-state index contributed by atoms with van der Waals surface area (Å²) in [5.41, 5.74) is 4.41. The lowest BCUT2D eigenvalue weighted by Gasteiger charge is -1.96. The molecule has 0 aromatic heterocycles. The van der Waals surface area contributed by atoms with E-state index in [1.165, 1.54) is 12.3 Å².